The topological polar surface area (TPSA) is 65.5 Å². The molecule has 0 aliphatic carbocycles. The van der Waals surface area contributed by atoms with Crippen molar-refractivity contribution < 1.29 is 14.2 Å². The molecule has 0 unspecified atom stereocenters. The van der Waals surface area contributed by atoms with Crippen molar-refractivity contribution in [3.63, 3.8) is 0 Å². The fraction of sp³-hybridized carbons (Fsp3) is 0.231. The van der Waals surface area contributed by atoms with Crippen molar-refractivity contribution >= 4 is 0 Å². The molecule has 1 N–H and O–H groups in total. The van der Waals surface area contributed by atoms with Gasteiger partial charge in [0.2, 0.25) is 12.7 Å². The summed E-state index contributed by atoms with van der Waals surface area (Å²) >= 11 is 0. The molecule has 0 bridgehead atoms. The Labute approximate surface area is 110 Å². The first-order valence-corrected chi connectivity index (χ1v) is 5.88. The second-order valence-corrected chi connectivity index (χ2v) is 4.00. The summed E-state index contributed by atoms with van der Waals surface area (Å²) in [7, 11) is 1.85. The van der Waals surface area contributed by atoms with E-state index in [1.54, 1.807) is 24.5 Å². The molecule has 0 radical (unpaired) electrons. The lowest BCUT2D eigenvalue weighted by Gasteiger charge is -2.06. The van der Waals surface area contributed by atoms with Gasteiger partial charge in [0.15, 0.2) is 11.5 Å². The quantitative estimate of drug-likeness (QED) is 0.901. The van der Waals surface area contributed by atoms with E-state index in [-0.39, 0.29) is 6.79 Å². The Kier molecular flexibility index (Phi) is 3.16. The van der Waals surface area contributed by atoms with Crippen LogP contribution in [0.4, 0.5) is 0 Å². The molecule has 1 aromatic heterocycles. The van der Waals surface area contributed by atoms with Crippen LogP contribution in [-0.4, -0.2) is 23.8 Å². The van der Waals surface area contributed by atoms with Crippen molar-refractivity contribution in [2.24, 2.45) is 0 Å². The average molecular weight is 259 g/mol. The summed E-state index contributed by atoms with van der Waals surface area (Å²) in [6.07, 6.45) is 3.27. The molecule has 1 aromatic carbocycles. The van der Waals surface area contributed by atoms with E-state index in [1.807, 2.05) is 13.1 Å². The highest BCUT2D eigenvalue weighted by Crippen LogP contribution is 2.36. The molecule has 3 rings (SSSR count). The van der Waals surface area contributed by atoms with Gasteiger partial charge in [-0.1, -0.05) is 0 Å². The number of fused-ring (bicyclic) bond motifs is 1. The number of nitrogens with zero attached hydrogens (tertiary/aromatic N) is 2. The molecule has 1 aliphatic heterocycles. The monoisotopic (exact) mass is 259 g/mol. The minimum atomic E-state index is 0.246. The summed E-state index contributed by atoms with van der Waals surface area (Å²) < 4.78 is 16.2. The smallest absolute Gasteiger partial charge is 0.238 e. The van der Waals surface area contributed by atoms with E-state index in [0.717, 1.165) is 11.4 Å². The number of benzene rings is 1. The maximum absolute atomic E-state index is 5.65. The largest absolute Gasteiger partial charge is 0.454 e. The number of nitrogens with one attached hydrogen (secondary N) is 1. The Morgan fingerprint density at radius 2 is 2.16 bits per heavy atom. The zero-order valence-corrected chi connectivity index (χ0v) is 10.4. The highest BCUT2D eigenvalue weighted by atomic mass is 16.7. The van der Waals surface area contributed by atoms with Gasteiger partial charge in [0.25, 0.3) is 0 Å². The zero-order chi connectivity index (χ0) is 13.1. The van der Waals surface area contributed by atoms with Gasteiger partial charge in [-0.05, 0) is 19.2 Å². The lowest BCUT2D eigenvalue weighted by molar-refractivity contribution is 0.174. The summed E-state index contributed by atoms with van der Waals surface area (Å²) in [4.78, 5) is 8.42. The molecule has 0 fully saturated rings. The van der Waals surface area contributed by atoms with Gasteiger partial charge in [-0.25, -0.2) is 4.98 Å². The molecule has 98 valence electrons. The third kappa shape index (κ3) is 2.58. The lowest BCUT2D eigenvalue weighted by atomic mass is 10.3. The number of ether oxygens (including phenoxy) is 3. The minimum absolute atomic E-state index is 0.246. The van der Waals surface area contributed by atoms with Crippen LogP contribution in [0.5, 0.6) is 23.1 Å². The SMILES string of the molecule is CNCc1cncc(Oc2ccc3c(c2)OCO3)n1. The molecule has 0 saturated carbocycles. The second-order valence-electron chi connectivity index (χ2n) is 4.00. The standard InChI is InChI=1S/C13H13N3O3/c1-14-5-9-6-15-7-13(16-9)19-10-2-3-11-12(4-10)18-8-17-11/h2-4,6-7,14H,5,8H2,1H3. The predicted octanol–water partition coefficient (Wildman–Crippen LogP) is 1.72. The Bertz CT molecular complexity index is 589. The van der Waals surface area contributed by atoms with E-state index in [1.165, 1.54) is 0 Å². The van der Waals surface area contributed by atoms with Crippen molar-refractivity contribution in [1.82, 2.24) is 15.3 Å². The van der Waals surface area contributed by atoms with E-state index >= 15 is 0 Å². The molecule has 2 heterocycles. The minimum Gasteiger partial charge on any atom is -0.454 e. The summed E-state index contributed by atoms with van der Waals surface area (Å²) in [5.41, 5.74) is 0.820. The number of hydrogen-bond acceptors (Lipinski definition) is 6. The molecular weight excluding hydrogens is 246 g/mol. The normalized spacial score (nSPS) is 12.5. The van der Waals surface area contributed by atoms with Crippen LogP contribution < -0.4 is 19.5 Å². The molecule has 6 heteroatoms. The van der Waals surface area contributed by atoms with Gasteiger partial charge < -0.3 is 19.5 Å². The van der Waals surface area contributed by atoms with Gasteiger partial charge >= 0.3 is 0 Å². The fourth-order valence-electron chi connectivity index (χ4n) is 1.76. The van der Waals surface area contributed by atoms with E-state index in [0.29, 0.717) is 23.9 Å². The average Bonchev–Trinajstić information content (AvgIpc) is 2.87. The third-order valence-electron chi connectivity index (χ3n) is 2.59. The first-order chi connectivity index (χ1) is 9.35. The highest BCUT2D eigenvalue weighted by Gasteiger charge is 2.14. The van der Waals surface area contributed by atoms with E-state index in [4.69, 9.17) is 14.2 Å². The maximum atomic E-state index is 5.65. The Morgan fingerprint density at radius 1 is 1.26 bits per heavy atom. The first kappa shape index (κ1) is 11.7. The van der Waals surface area contributed by atoms with Gasteiger partial charge in [0, 0.05) is 18.8 Å². The molecule has 6 nitrogen and oxygen atoms in total. The maximum Gasteiger partial charge on any atom is 0.238 e. The van der Waals surface area contributed by atoms with E-state index < -0.39 is 0 Å². The van der Waals surface area contributed by atoms with Gasteiger partial charge in [-0.2, -0.15) is 0 Å². The van der Waals surface area contributed by atoms with Crippen LogP contribution in [0.15, 0.2) is 30.6 Å². The van der Waals surface area contributed by atoms with Crippen molar-refractivity contribution in [1.29, 1.82) is 0 Å². The van der Waals surface area contributed by atoms with Crippen molar-refractivity contribution in [2.75, 3.05) is 13.8 Å². The van der Waals surface area contributed by atoms with Gasteiger partial charge in [0.05, 0.1) is 11.9 Å². The fourth-order valence-corrected chi connectivity index (χ4v) is 1.76. The summed E-state index contributed by atoms with van der Waals surface area (Å²) in [5, 5.41) is 3.01. The second kappa shape index (κ2) is 5.11. The van der Waals surface area contributed by atoms with E-state index in [2.05, 4.69) is 15.3 Å². The summed E-state index contributed by atoms with van der Waals surface area (Å²) in [5.74, 6) is 2.49. The molecule has 0 atom stereocenters. The summed E-state index contributed by atoms with van der Waals surface area (Å²) in [6, 6.07) is 5.39. The van der Waals surface area contributed by atoms with Crippen LogP contribution in [0.2, 0.25) is 0 Å². The van der Waals surface area contributed by atoms with Crippen LogP contribution >= 0.6 is 0 Å². The molecule has 2 aromatic rings. The molecule has 0 amide bonds. The molecule has 19 heavy (non-hydrogen) atoms. The third-order valence-corrected chi connectivity index (χ3v) is 2.59. The zero-order valence-electron chi connectivity index (χ0n) is 10.4. The Hall–Kier alpha value is -2.34. The van der Waals surface area contributed by atoms with Crippen LogP contribution in [-0.2, 0) is 6.54 Å². The molecular formula is C13H13N3O3. The van der Waals surface area contributed by atoms with Gasteiger partial charge in [-0.15, -0.1) is 0 Å². The van der Waals surface area contributed by atoms with E-state index in [9.17, 15) is 0 Å². The van der Waals surface area contributed by atoms with Crippen molar-refractivity contribution in [3.8, 4) is 23.1 Å². The number of hydrogen-bond donors (Lipinski definition) is 1. The summed E-state index contributed by atoms with van der Waals surface area (Å²) in [6.45, 7) is 0.890. The van der Waals surface area contributed by atoms with Crippen LogP contribution in [0.1, 0.15) is 5.69 Å². The molecule has 1 aliphatic rings. The molecule has 0 spiro atoms. The van der Waals surface area contributed by atoms with Gasteiger partial charge in [-0.3, -0.25) is 4.98 Å². The highest BCUT2D eigenvalue weighted by molar-refractivity contribution is 5.47. The van der Waals surface area contributed by atoms with Crippen LogP contribution in [0.25, 0.3) is 0 Å². The van der Waals surface area contributed by atoms with Crippen LogP contribution in [0, 0.1) is 0 Å². The Balaban J connectivity index is 1.79. The van der Waals surface area contributed by atoms with Crippen molar-refractivity contribution in [2.45, 2.75) is 6.54 Å². The predicted molar refractivity (Wildman–Crippen MR) is 67.4 cm³/mol. The van der Waals surface area contributed by atoms with Gasteiger partial charge in [0.1, 0.15) is 5.75 Å². The van der Waals surface area contributed by atoms with Crippen LogP contribution in [0.3, 0.4) is 0 Å². The lowest BCUT2D eigenvalue weighted by Crippen LogP contribution is -2.07. The Morgan fingerprint density at radius 3 is 3.05 bits per heavy atom. The van der Waals surface area contributed by atoms with Crippen molar-refractivity contribution in [3.05, 3.63) is 36.3 Å². The number of aromatic nitrogens is 2. The molecule has 0 saturated heterocycles. The number of rotatable bonds is 4. The first-order valence-electron chi connectivity index (χ1n) is 5.88.